The van der Waals surface area contributed by atoms with Crippen LogP contribution in [0.15, 0.2) is 0 Å². The molecule has 1 amide bonds. The van der Waals surface area contributed by atoms with Crippen LogP contribution >= 0.6 is 0 Å². The molecular weight excluding hydrogens is 246 g/mol. The standard InChI is InChI=1S/C14H27NO4/c1-14(2,3)19-13(17)15-9-11(6-5-7-18-4)8-12(15)10-16/h11-12,16H,5-10H2,1-4H3/t11-,12-/m0/s1. The molecule has 1 heterocycles. The van der Waals surface area contributed by atoms with Gasteiger partial charge in [-0.1, -0.05) is 0 Å². The van der Waals surface area contributed by atoms with E-state index >= 15 is 0 Å². The number of ether oxygens (including phenoxy) is 2. The minimum absolute atomic E-state index is 0.0000205. The second kappa shape index (κ2) is 7.10. The maximum atomic E-state index is 12.1. The molecule has 0 saturated carbocycles. The van der Waals surface area contributed by atoms with Gasteiger partial charge >= 0.3 is 6.09 Å². The SMILES string of the molecule is COCCC[C@H]1C[C@@H](CO)N(C(=O)OC(C)(C)C)C1. The van der Waals surface area contributed by atoms with Crippen molar-refractivity contribution in [3.8, 4) is 0 Å². The molecule has 0 aromatic rings. The van der Waals surface area contributed by atoms with Gasteiger partial charge in [-0.25, -0.2) is 4.79 Å². The number of carbonyl (C=O) groups excluding carboxylic acids is 1. The van der Waals surface area contributed by atoms with Gasteiger partial charge in [-0.2, -0.15) is 0 Å². The summed E-state index contributed by atoms with van der Waals surface area (Å²) < 4.78 is 10.4. The third kappa shape index (κ3) is 5.37. The first-order chi connectivity index (χ1) is 8.87. The van der Waals surface area contributed by atoms with Gasteiger partial charge in [0.15, 0.2) is 0 Å². The largest absolute Gasteiger partial charge is 0.444 e. The molecule has 0 bridgehead atoms. The Morgan fingerprint density at radius 1 is 1.42 bits per heavy atom. The number of hydrogen-bond donors (Lipinski definition) is 1. The van der Waals surface area contributed by atoms with Crippen molar-refractivity contribution in [3.63, 3.8) is 0 Å². The van der Waals surface area contributed by atoms with Gasteiger partial charge in [-0.3, -0.25) is 0 Å². The second-order valence-corrected chi connectivity index (χ2v) is 6.21. The number of hydrogen-bond acceptors (Lipinski definition) is 4. The van der Waals surface area contributed by atoms with E-state index in [9.17, 15) is 9.90 Å². The quantitative estimate of drug-likeness (QED) is 0.779. The summed E-state index contributed by atoms with van der Waals surface area (Å²) in [6, 6.07) is -0.109. The Morgan fingerprint density at radius 3 is 2.63 bits per heavy atom. The highest BCUT2D eigenvalue weighted by molar-refractivity contribution is 5.69. The van der Waals surface area contributed by atoms with E-state index in [4.69, 9.17) is 9.47 Å². The summed E-state index contributed by atoms with van der Waals surface area (Å²) >= 11 is 0. The van der Waals surface area contributed by atoms with Crippen LogP contribution < -0.4 is 0 Å². The summed E-state index contributed by atoms with van der Waals surface area (Å²) in [6.07, 6.45) is 2.53. The highest BCUT2D eigenvalue weighted by Gasteiger charge is 2.36. The van der Waals surface area contributed by atoms with Crippen LogP contribution in [0, 0.1) is 5.92 Å². The predicted octanol–water partition coefficient (Wildman–Crippen LogP) is 2.03. The van der Waals surface area contributed by atoms with Crippen molar-refractivity contribution >= 4 is 6.09 Å². The third-order valence-electron chi connectivity index (χ3n) is 3.30. The Hall–Kier alpha value is -0.810. The van der Waals surface area contributed by atoms with Gasteiger partial charge in [0, 0.05) is 20.3 Å². The predicted molar refractivity (Wildman–Crippen MR) is 73.0 cm³/mol. The smallest absolute Gasteiger partial charge is 0.410 e. The van der Waals surface area contributed by atoms with E-state index in [2.05, 4.69) is 0 Å². The van der Waals surface area contributed by atoms with E-state index in [0.717, 1.165) is 25.9 Å². The molecule has 1 aliphatic rings. The molecule has 1 saturated heterocycles. The first-order valence-corrected chi connectivity index (χ1v) is 6.96. The van der Waals surface area contributed by atoms with Crippen LogP contribution in [-0.2, 0) is 9.47 Å². The lowest BCUT2D eigenvalue weighted by Gasteiger charge is -2.27. The maximum absolute atomic E-state index is 12.1. The van der Waals surface area contributed by atoms with Crippen molar-refractivity contribution in [1.29, 1.82) is 0 Å². The van der Waals surface area contributed by atoms with Gasteiger partial charge in [0.2, 0.25) is 0 Å². The van der Waals surface area contributed by atoms with Gasteiger partial charge in [-0.15, -0.1) is 0 Å². The summed E-state index contributed by atoms with van der Waals surface area (Å²) in [6.45, 7) is 6.97. The van der Waals surface area contributed by atoms with Crippen LogP contribution in [-0.4, -0.2) is 54.6 Å². The van der Waals surface area contributed by atoms with Crippen LogP contribution in [0.2, 0.25) is 0 Å². The molecule has 0 unspecified atom stereocenters. The van der Waals surface area contributed by atoms with E-state index in [1.807, 2.05) is 20.8 Å². The summed E-state index contributed by atoms with van der Waals surface area (Å²) in [7, 11) is 1.69. The molecule has 112 valence electrons. The summed E-state index contributed by atoms with van der Waals surface area (Å²) in [5.74, 6) is 0.430. The van der Waals surface area contributed by atoms with E-state index in [1.54, 1.807) is 12.0 Å². The Bertz CT molecular complexity index is 288. The van der Waals surface area contributed by atoms with E-state index in [0.29, 0.717) is 12.5 Å². The van der Waals surface area contributed by atoms with Crippen LogP contribution in [0.4, 0.5) is 4.79 Å². The van der Waals surface area contributed by atoms with Crippen LogP contribution in [0.25, 0.3) is 0 Å². The number of likely N-dealkylation sites (tertiary alicyclic amines) is 1. The number of aliphatic hydroxyl groups is 1. The molecule has 0 aromatic carbocycles. The fourth-order valence-electron chi connectivity index (χ4n) is 2.46. The minimum atomic E-state index is -0.495. The van der Waals surface area contributed by atoms with Crippen molar-refractivity contribution in [3.05, 3.63) is 0 Å². The number of rotatable bonds is 5. The summed E-state index contributed by atoms with van der Waals surface area (Å²) in [5.41, 5.74) is -0.495. The molecule has 5 nitrogen and oxygen atoms in total. The molecule has 5 heteroatoms. The Labute approximate surface area is 115 Å². The van der Waals surface area contributed by atoms with Gasteiger partial charge in [0.1, 0.15) is 5.60 Å². The highest BCUT2D eigenvalue weighted by Crippen LogP contribution is 2.28. The van der Waals surface area contributed by atoms with Gasteiger partial charge in [0.25, 0.3) is 0 Å². The van der Waals surface area contributed by atoms with Crippen molar-refractivity contribution in [1.82, 2.24) is 4.90 Å². The fraction of sp³-hybridized carbons (Fsp3) is 0.929. The average Bonchev–Trinajstić information content (AvgIpc) is 2.70. The fourth-order valence-corrected chi connectivity index (χ4v) is 2.46. The Kier molecular flexibility index (Phi) is 6.07. The number of aliphatic hydroxyl groups excluding tert-OH is 1. The van der Waals surface area contributed by atoms with Crippen LogP contribution in [0.1, 0.15) is 40.0 Å². The topological polar surface area (TPSA) is 59.0 Å². The normalized spacial score (nSPS) is 23.7. The molecule has 1 N–H and O–H groups in total. The molecule has 0 aliphatic carbocycles. The number of amides is 1. The van der Waals surface area contributed by atoms with E-state index < -0.39 is 5.60 Å². The molecule has 0 radical (unpaired) electrons. The van der Waals surface area contributed by atoms with E-state index in [1.165, 1.54) is 0 Å². The van der Waals surface area contributed by atoms with E-state index in [-0.39, 0.29) is 18.7 Å². The zero-order chi connectivity index (χ0) is 14.5. The molecule has 0 spiro atoms. The summed E-state index contributed by atoms with van der Waals surface area (Å²) in [5, 5.41) is 9.40. The molecular formula is C14H27NO4. The lowest BCUT2D eigenvalue weighted by Crippen LogP contribution is -2.41. The second-order valence-electron chi connectivity index (χ2n) is 6.21. The third-order valence-corrected chi connectivity index (χ3v) is 3.30. The van der Waals surface area contributed by atoms with Gasteiger partial charge in [-0.05, 0) is 46.0 Å². The van der Waals surface area contributed by atoms with Crippen molar-refractivity contribution in [2.75, 3.05) is 26.9 Å². The number of methoxy groups -OCH3 is 1. The number of nitrogens with zero attached hydrogens (tertiary/aromatic N) is 1. The molecule has 0 aromatic heterocycles. The molecule has 2 atom stereocenters. The van der Waals surface area contributed by atoms with Crippen molar-refractivity contribution in [2.45, 2.75) is 51.7 Å². The first kappa shape index (κ1) is 16.2. The number of carbonyl (C=O) groups is 1. The Morgan fingerprint density at radius 2 is 2.11 bits per heavy atom. The molecule has 1 fully saturated rings. The maximum Gasteiger partial charge on any atom is 0.410 e. The minimum Gasteiger partial charge on any atom is -0.444 e. The van der Waals surface area contributed by atoms with Crippen molar-refractivity contribution in [2.24, 2.45) is 5.92 Å². The van der Waals surface area contributed by atoms with Gasteiger partial charge < -0.3 is 19.5 Å². The first-order valence-electron chi connectivity index (χ1n) is 6.96. The average molecular weight is 273 g/mol. The zero-order valence-electron chi connectivity index (χ0n) is 12.5. The molecule has 19 heavy (non-hydrogen) atoms. The lowest BCUT2D eigenvalue weighted by molar-refractivity contribution is 0.0172. The lowest BCUT2D eigenvalue weighted by atomic mass is 10.0. The molecule has 1 aliphatic heterocycles. The van der Waals surface area contributed by atoms with Crippen LogP contribution in [0.3, 0.4) is 0 Å². The Balaban J connectivity index is 2.50. The van der Waals surface area contributed by atoms with Crippen molar-refractivity contribution < 1.29 is 19.4 Å². The zero-order valence-corrected chi connectivity index (χ0v) is 12.5. The van der Waals surface area contributed by atoms with Gasteiger partial charge in [0.05, 0.1) is 12.6 Å². The monoisotopic (exact) mass is 273 g/mol. The molecule has 1 rings (SSSR count). The summed E-state index contributed by atoms with van der Waals surface area (Å²) in [4.78, 5) is 13.7. The highest BCUT2D eigenvalue weighted by atomic mass is 16.6. The van der Waals surface area contributed by atoms with Crippen LogP contribution in [0.5, 0.6) is 0 Å².